The fraction of sp³-hybridized carbons (Fsp3) is 0.125. The van der Waals surface area contributed by atoms with Gasteiger partial charge >= 0.3 is 0 Å². The monoisotopic (exact) mass is 281 g/mol. The van der Waals surface area contributed by atoms with Crippen LogP contribution in [0.5, 0.6) is 0 Å². The highest BCUT2D eigenvalue weighted by atomic mass is 32.1. The average Bonchev–Trinajstić information content (AvgIpc) is 2.89. The molecule has 0 spiro atoms. The van der Waals surface area contributed by atoms with E-state index in [9.17, 15) is 0 Å². The summed E-state index contributed by atoms with van der Waals surface area (Å²) < 4.78 is 2.58. The first-order valence-electron chi connectivity index (χ1n) is 6.62. The molecule has 2 aromatic carbocycles. The number of aromatic amines is 1. The van der Waals surface area contributed by atoms with E-state index in [1.165, 1.54) is 5.56 Å². The molecule has 1 aromatic heterocycles. The van der Waals surface area contributed by atoms with Crippen LogP contribution in [0.15, 0.2) is 54.6 Å². The molecule has 0 atom stereocenters. The molecule has 0 saturated heterocycles. The van der Waals surface area contributed by atoms with Crippen LogP contribution in [0.25, 0.3) is 17.1 Å². The van der Waals surface area contributed by atoms with E-state index in [1.807, 2.05) is 41.0 Å². The number of nitrogens with one attached hydrogen (secondary N) is 1. The number of aryl methyl sites for hydroxylation is 1. The molecule has 20 heavy (non-hydrogen) atoms. The molecule has 4 heteroatoms. The Labute approximate surface area is 122 Å². The van der Waals surface area contributed by atoms with Gasteiger partial charge in [0.25, 0.3) is 0 Å². The molecule has 0 aliphatic heterocycles. The van der Waals surface area contributed by atoms with E-state index >= 15 is 0 Å². The predicted molar refractivity (Wildman–Crippen MR) is 83.6 cm³/mol. The second kappa shape index (κ2) is 5.43. The van der Waals surface area contributed by atoms with Crippen molar-refractivity contribution in [1.82, 2.24) is 14.8 Å². The standard InChI is InChI=1S/C16H15N3S/c1-2-12-8-6-7-11-14(12)15-17-18-16(20)19(15)13-9-4-3-5-10-13/h3-11H,2H2,1H3,(H,18,20). The topological polar surface area (TPSA) is 33.6 Å². The zero-order valence-electron chi connectivity index (χ0n) is 11.2. The van der Waals surface area contributed by atoms with Gasteiger partial charge in [-0.2, -0.15) is 5.10 Å². The summed E-state index contributed by atoms with van der Waals surface area (Å²) in [5, 5.41) is 7.32. The van der Waals surface area contributed by atoms with Gasteiger partial charge in [0.2, 0.25) is 0 Å². The maximum absolute atomic E-state index is 5.38. The summed E-state index contributed by atoms with van der Waals surface area (Å²) in [6, 6.07) is 18.3. The van der Waals surface area contributed by atoms with Crippen LogP contribution < -0.4 is 0 Å². The molecule has 0 unspecified atom stereocenters. The molecule has 0 radical (unpaired) electrons. The molecular weight excluding hydrogens is 266 g/mol. The van der Waals surface area contributed by atoms with Crippen LogP contribution in [-0.4, -0.2) is 14.8 Å². The molecule has 1 heterocycles. The minimum Gasteiger partial charge on any atom is -0.268 e. The minimum absolute atomic E-state index is 0.608. The summed E-state index contributed by atoms with van der Waals surface area (Å²) in [5.74, 6) is 0.860. The van der Waals surface area contributed by atoms with Gasteiger partial charge in [-0.3, -0.25) is 9.67 Å². The van der Waals surface area contributed by atoms with Gasteiger partial charge in [0, 0.05) is 11.3 Å². The molecule has 0 aliphatic carbocycles. The Balaban J connectivity index is 2.24. The lowest BCUT2D eigenvalue weighted by atomic mass is 10.0. The highest BCUT2D eigenvalue weighted by Gasteiger charge is 2.12. The predicted octanol–water partition coefficient (Wildman–Crippen LogP) is 4.16. The third-order valence-corrected chi connectivity index (χ3v) is 3.60. The first kappa shape index (κ1) is 12.8. The summed E-state index contributed by atoms with van der Waals surface area (Å²) in [6.45, 7) is 2.15. The van der Waals surface area contributed by atoms with Crippen LogP contribution in [-0.2, 0) is 6.42 Å². The molecule has 3 nitrogen and oxygen atoms in total. The van der Waals surface area contributed by atoms with E-state index < -0.39 is 0 Å². The minimum atomic E-state index is 0.608. The number of H-pyrrole nitrogens is 1. The lowest BCUT2D eigenvalue weighted by Crippen LogP contribution is -1.99. The number of aromatic nitrogens is 3. The Morgan fingerprint density at radius 1 is 1.05 bits per heavy atom. The Morgan fingerprint density at radius 2 is 1.75 bits per heavy atom. The fourth-order valence-corrected chi connectivity index (χ4v) is 2.58. The van der Waals surface area contributed by atoms with Crippen LogP contribution in [0, 0.1) is 4.77 Å². The molecule has 0 fully saturated rings. The first-order valence-corrected chi connectivity index (χ1v) is 7.03. The van der Waals surface area contributed by atoms with Crippen LogP contribution in [0.3, 0.4) is 0 Å². The van der Waals surface area contributed by atoms with Gasteiger partial charge in [-0.15, -0.1) is 0 Å². The third-order valence-electron chi connectivity index (χ3n) is 3.33. The second-order valence-electron chi connectivity index (χ2n) is 4.53. The molecule has 3 aromatic rings. The molecule has 100 valence electrons. The maximum atomic E-state index is 5.38. The van der Waals surface area contributed by atoms with Crippen molar-refractivity contribution >= 4 is 12.2 Å². The second-order valence-corrected chi connectivity index (χ2v) is 4.92. The van der Waals surface area contributed by atoms with Crippen molar-refractivity contribution in [1.29, 1.82) is 0 Å². The summed E-state index contributed by atoms with van der Waals surface area (Å²) in [4.78, 5) is 0. The number of hydrogen-bond donors (Lipinski definition) is 1. The fourth-order valence-electron chi connectivity index (χ4n) is 2.34. The van der Waals surface area contributed by atoms with E-state index in [-0.39, 0.29) is 0 Å². The molecule has 0 aliphatic rings. The van der Waals surface area contributed by atoms with Crippen molar-refractivity contribution in [3.8, 4) is 17.1 Å². The summed E-state index contributed by atoms with van der Waals surface area (Å²) in [6.07, 6.45) is 0.963. The Hall–Kier alpha value is -2.20. The number of benzene rings is 2. The van der Waals surface area contributed by atoms with Gasteiger partial charge in [-0.05, 0) is 36.3 Å². The van der Waals surface area contributed by atoms with E-state index in [0.29, 0.717) is 4.77 Å². The van der Waals surface area contributed by atoms with Crippen molar-refractivity contribution in [3.63, 3.8) is 0 Å². The van der Waals surface area contributed by atoms with Crippen molar-refractivity contribution < 1.29 is 0 Å². The Kier molecular flexibility index (Phi) is 3.48. The zero-order chi connectivity index (χ0) is 13.9. The number of nitrogens with zero attached hydrogens (tertiary/aromatic N) is 2. The lowest BCUT2D eigenvalue weighted by Gasteiger charge is -2.09. The van der Waals surface area contributed by atoms with Gasteiger partial charge in [-0.1, -0.05) is 49.4 Å². The highest BCUT2D eigenvalue weighted by Crippen LogP contribution is 2.25. The van der Waals surface area contributed by atoms with Crippen LogP contribution in [0.1, 0.15) is 12.5 Å². The van der Waals surface area contributed by atoms with Crippen molar-refractivity contribution in [2.45, 2.75) is 13.3 Å². The van der Waals surface area contributed by atoms with Crippen molar-refractivity contribution in [2.24, 2.45) is 0 Å². The Bertz CT molecular complexity index is 772. The molecule has 0 bridgehead atoms. The molecule has 0 amide bonds. The zero-order valence-corrected chi connectivity index (χ0v) is 12.0. The first-order chi connectivity index (χ1) is 9.81. The van der Waals surface area contributed by atoms with E-state index in [4.69, 9.17) is 12.2 Å². The SMILES string of the molecule is CCc1ccccc1-c1n[nH]c(=S)n1-c1ccccc1. The van der Waals surface area contributed by atoms with Gasteiger partial charge in [-0.25, -0.2) is 0 Å². The normalized spacial score (nSPS) is 10.7. The van der Waals surface area contributed by atoms with Crippen molar-refractivity contribution in [2.75, 3.05) is 0 Å². The lowest BCUT2D eigenvalue weighted by molar-refractivity contribution is 1.03. The highest BCUT2D eigenvalue weighted by molar-refractivity contribution is 7.71. The third kappa shape index (κ3) is 2.18. The molecule has 3 rings (SSSR count). The quantitative estimate of drug-likeness (QED) is 0.731. The van der Waals surface area contributed by atoms with Crippen LogP contribution >= 0.6 is 12.2 Å². The number of rotatable bonds is 3. The van der Waals surface area contributed by atoms with Gasteiger partial charge in [0.1, 0.15) is 0 Å². The largest absolute Gasteiger partial charge is 0.268 e. The summed E-state index contributed by atoms with van der Waals surface area (Å²) in [7, 11) is 0. The molecular formula is C16H15N3S. The molecule has 1 N–H and O–H groups in total. The van der Waals surface area contributed by atoms with E-state index in [1.54, 1.807) is 0 Å². The van der Waals surface area contributed by atoms with Crippen LogP contribution in [0.2, 0.25) is 0 Å². The number of hydrogen-bond acceptors (Lipinski definition) is 2. The van der Waals surface area contributed by atoms with Crippen LogP contribution in [0.4, 0.5) is 0 Å². The average molecular weight is 281 g/mol. The van der Waals surface area contributed by atoms with Gasteiger partial charge in [0.05, 0.1) is 0 Å². The maximum Gasteiger partial charge on any atom is 0.200 e. The molecule has 0 saturated carbocycles. The summed E-state index contributed by atoms with van der Waals surface area (Å²) >= 11 is 5.38. The summed E-state index contributed by atoms with van der Waals surface area (Å²) in [5.41, 5.74) is 3.40. The van der Waals surface area contributed by atoms with Crippen molar-refractivity contribution in [3.05, 3.63) is 64.9 Å². The van der Waals surface area contributed by atoms with Gasteiger partial charge in [0.15, 0.2) is 10.6 Å². The van der Waals surface area contributed by atoms with E-state index in [0.717, 1.165) is 23.5 Å². The smallest absolute Gasteiger partial charge is 0.200 e. The van der Waals surface area contributed by atoms with Gasteiger partial charge < -0.3 is 0 Å². The number of para-hydroxylation sites is 1. The van der Waals surface area contributed by atoms with E-state index in [2.05, 4.69) is 35.3 Å². The Morgan fingerprint density at radius 3 is 2.50 bits per heavy atom.